The fraction of sp³-hybridized carbons (Fsp3) is 0.667. The van der Waals surface area contributed by atoms with Gasteiger partial charge in [-0.25, -0.2) is 18.1 Å². The van der Waals surface area contributed by atoms with Gasteiger partial charge in [-0.1, -0.05) is 0 Å². The zero-order valence-electron chi connectivity index (χ0n) is 13.9. The average Bonchev–Trinajstić information content (AvgIpc) is 3.27. The highest BCUT2D eigenvalue weighted by atomic mass is 32.2. The molecule has 1 aliphatic carbocycles. The van der Waals surface area contributed by atoms with Gasteiger partial charge in [0, 0.05) is 31.4 Å². The third-order valence-electron chi connectivity index (χ3n) is 4.59. The van der Waals surface area contributed by atoms with E-state index in [1.54, 1.807) is 12.4 Å². The summed E-state index contributed by atoms with van der Waals surface area (Å²) in [5.41, 5.74) is 0.873. The maximum atomic E-state index is 12.1. The average molecular weight is 353 g/mol. The summed E-state index contributed by atoms with van der Waals surface area (Å²) in [6, 6.07) is 0.00719. The van der Waals surface area contributed by atoms with Crippen molar-refractivity contribution >= 4 is 21.7 Å². The van der Waals surface area contributed by atoms with Crippen LogP contribution in [0.25, 0.3) is 0 Å². The molecule has 9 heteroatoms. The van der Waals surface area contributed by atoms with Crippen LogP contribution in [0.1, 0.15) is 18.5 Å². The van der Waals surface area contributed by atoms with Crippen LogP contribution in [-0.4, -0.2) is 56.2 Å². The number of carbonyl (C=O) groups is 1. The number of sulfonamides is 1. The van der Waals surface area contributed by atoms with Crippen molar-refractivity contribution in [3.05, 3.63) is 18.1 Å². The predicted molar refractivity (Wildman–Crippen MR) is 90.0 cm³/mol. The maximum absolute atomic E-state index is 12.1. The highest BCUT2D eigenvalue weighted by molar-refractivity contribution is 7.88. The van der Waals surface area contributed by atoms with Crippen LogP contribution >= 0.6 is 0 Å². The van der Waals surface area contributed by atoms with Gasteiger partial charge in [-0.15, -0.1) is 0 Å². The van der Waals surface area contributed by atoms with E-state index in [0.717, 1.165) is 24.3 Å². The van der Waals surface area contributed by atoms with E-state index in [2.05, 4.69) is 24.9 Å². The van der Waals surface area contributed by atoms with Gasteiger partial charge < -0.3 is 10.2 Å². The van der Waals surface area contributed by atoms with Crippen LogP contribution in [0.3, 0.4) is 0 Å². The molecule has 0 spiro atoms. The zero-order valence-corrected chi connectivity index (χ0v) is 14.7. The lowest BCUT2D eigenvalue weighted by atomic mass is 9.98. The van der Waals surface area contributed by atoms with E-state index in [4.69, 9.17) is 0 Å². The smallest absolute Gasteiger partial charge is 0.235 e. The summed E-state index contributed by atoms with van der Waals surface area (Å²) in [6.07, 6.45) is 6.76. The molecular weight excluding hydrogens is 330 g/mol. The Morgan fingerprint density at radius 3 is 2.62 bits per heavy atom. The van der Waals surface area contributed by atoms with Gasteiger partial charge >= 0.3 is 0 Å². The first-order valence-corrected chi connectivity index (χ1v) is 9.99. The number of nitrogens with zero attached hydrogens (tertiary/aromatic N) is 3. The van der Waals surface area contributed by atoms with E-state index in [-0.39, 0.29) is 18.5 Å². The number of hydrogen-bond acceptors (Lipinski definition) is 6. The molecule has 0 radical (unpaired) electrons. The van der Waals surface area contributed by atoms with Crippen LogP contribution in [0.2, 0.25) is 0 Å². The van der Waals surface area contributed by atoms with Crippen molar-refractivity contribution in [2.24, 2.45) is 11.8 Å². The summed E-state index contributed by atoms with van der Waals surface area (Å²) >= 11 is 0. The molecule has 0 aromatic carbocycles. The van der Waals surface area contributed by atoms with Crippen molar-refractivity contribution in [2.75, 3.05) is 30.8 Å². The Hall–Kier alpha value is -1.74. The summed E-state index contributed by atoms with van der Waals surface area (Å²) in [5.74, 6) is 1.55. The van der Waals surface area contributed by atoms with E-state index in [1.807, 2.05) is 6.92 Å². The van der Waals surface area contributed by atoms with Crippen molar-refractivity contribution in [1.82, 2.24) is 20.0 Å². The molecule has 1 aromatic heterocycles. The van der Waals surface area contributed by atoms with Gasteiger partial charge in [0.25, 0.3) is 0 Å². The van der Waals surface area contributed by atoms with Gasteiger partial charge in [0.15, 0.2) is 0 Å². The van der Waals surface area contributed by atoms with Gasteiger partial charge in [-0.3, -0.25) is 9.78 Å². The third-order valence-corrected chi connectivity index (χ3v) is 5.26. The summed E-state index contributed by atoms with van der Waals surface area (Å²) in [7, 11) is -3.37. The molecule has 24 heavy (non-hydrogen) atoms. The SMILES string of the molecule is Cc1nccnc1N1C[C@@H](NC(=O)CNS(C)(=O)=O)[C@H](C2CC2)C1. The molecule has 2 fully saturated rings. The number of nitrogens with one attached hydrogen (secondary N) is 2. The molecule has 1 aliphatic heterocycles. The molecule has 3 rings (SSSR count). The van der Waals surface area contributed by atoms with Gasteiger partial charge in [-0.05, 0) is 25.7 Å². The Labute approximate surface area is 142 Å². The number of carbonyl (C=O) groups excluding carboxylic acids is 1. The van der Waals surface area contributed by atoms with E-state index < -0.39 is 10.0 Å². The number of anilines is 1. The fourth-order valence-electron chi connectivity index (χ4n) is 3.32. The molecule has 132 valence electrons. The van der Waals surface area contributed by atoms with Crippen LogP contribution in [0.4, 0.5) is 5.82 Å². The number of aryl methyl sites for hydroxylation is 1. The molecule has 8 nitrogen and oxygen atoms in total. The second-order valence-corrected chi connectivity index (χ2v) is 8.47. The van der Waals surface area contributed by atoms with Crippen LogP contribution in [0.5, 0.6) is 0 Å². The number of amides is 1. The molecule has 1 aromatic rings. The van der Waals surface area contributed by atoms with Gasteiger partial charge in [-0.2, -0.15) is 0 Å². The van der Waals surface area contributed by atoms with Crippen molar-refractivity contribution in [3.8, 4) is 0 Å². The molecule has 1 saturated heterocycles. The number of rotatable bonds is 6. The number of aromatic nitrogens is 2. The fourth-order valence-corrected chi connectivity index (χ4v) is 3.72. The molecule has 0 unspecified atom stereocenters. The van der Waals surface area contributed by atoms with Crippen LogP contribution in [0.15, 0.2) is 12.4 Å². The Morgan fingerprint density at radius 1 is 1.29 bits per heavy atom. The Balaban J connectivity index is 1.66. The summed E-state index contributed by atoms with van der Waals surface area (Å²) in [6.45, 7) is 3.22. The standard InChI is InChI=1S/C15H23N5O3S/c1-10-15(17-6-5-16-10)20-8-12(11-3-4-11)13(9-20)19-14(21)7-18-24(2,22)23/h5-6,11-13,18H,3-4,7-9H2,1-2H3,(H,19,21)/t12-,13+/m0/s1. The van der Waals surface area contributed by atoms with Gasteiger partial charge in [0.05, 0.1) is 24.5 Å². The molecule has 2 atom stereocenters. The maximum Gasteiger partial charge on any atom is 0.235 e. The quantitative estimate of drug-likeness (QED) is 0.725. The summed E-state index contributed by atoms with van der Waals surface area (Å²) in [5, 5.41) is 2.99. The third kappa shape index (κ3) is 4.21. The minimum Gasteiger partial charge on any atom is -0.353 e. The Kier molecular flexibility index (Phi) is 4.73. The summed E-state index contributed by atoms with van der Waals surface area (Å²) in [4.78, 5) is 22.9. The van der Waals surface area contributed by atoms with Crippen molar-refractivity contribution in [2.45, 2.75) is 25.8 Å². The lowest BCUT2D eigenvalue weighted by Crippen LogP contribution is -2.45. The first kappa shape index (κ1) is 17.1. The van der Waals surface area contributed by atoms with Gasteiger partial charge in [0.2, 0.25) is 15.9 Å². The van der Waals surface area contributed by atoms with Gasteiger partial charge in [0.1, 0.15) is 5.82 Å². The van der Waals surface area contributed by atoms with E-state index >= 15 is 0 Å². The minimum atomic E-state index is -3.37. The lowest BCUT2D eigenvalue weighted by Gasteiger charge is -2.19. The van der Waals surface area contributed by atoms with E-state index in [9.17, 15) is 13.2 Å². The van der Waals surface area contributed by atoms with E-state index in [1.165, 1.54) is 12.8 Å². The first-order valence-electron chi connectivity index (χ1n) is 8.10. The lowest BCUT2D eigenvalue weighted by molar-refractivity contribution is -0.120. The normalized spacial score (nSPS) is 24.2. The monoisotopic (exact) mass is 353 g/mol. The second-order valence-electron chi connectivity index (χ2n) is 6.64. The largest absolute Gasteiger partial charge is 0.353 e. The van der Waals surface area contributed by atoms with E-state index in [0.29, 0.717) is 18.4 Å². The highest BCUT2D eigenvalue weighted by Gasteiger charge is 2.43. The van der Waals surface area contributed by atoms with Crippen LogP contribution in [-0.2, 0) is 14.8 Å². The molecule has 1 saturated carbocycles. The first-order chi connectivity index (χ1) is 11.3. The van der Waals surface area contributed by atoms with Crippen molar-refractivity contribution < 1.29 is 13.2 Å². The molecular formula is C15H23N5O3S. The Bertz CT molecular complexity index is 720. The molecule has 0 bridgehead atoms. The molecule has 2 aliphatic rings. The topological polar surface area (TPSA) is 104 Å². The van der Waals surface area contributed by atoms with Crippen LogP contribution in [0, 0.1) is 18.8 Å². The predicted octanol–water partition coefficient (Wildman–Crippen LogP) is -0.335. The molecule has 2 heterocycles. The van der Waals surface area contributed by atoms with Crippen molar-refractivity contribution in [3.63, 3.8) is 0 Å². The van der Waals surface area contributed by atoms with Crippen molar-refractivity contribution in [1.29, 1.82) is 0 Å². The summed E-state index contributed by atoms with van der Waals surface area (Å²) < 4.78 is 24.5. The molecule has 1 amide bonds. The number of hydrogen-bond donors (Lipinski definition) is 2. The van der Waals surface area contributed by atoms with Crippen LogP contribution < -0.4 is 14.9 Å². The zero-order chi connectivity index (χ0) is 17.3. The highest BCUT2D eigenvalue weighted by Crippen LogP contribution is 2.42. The minimum absolute atomic E-state index is 0.00719. The molecule has 2 N–H and O–H groups in total. The second kappa shape index (κ2) is 6.64. The Morgan fingerprint density at radius 2 is 2.00 bits per heavy atom.